The molecule has 0 heterocycles. The number of hydrogen-bond donors (Lipinski definition) is 5. The second-order valence-electron chi connectivity index (χ2n) is 13.3. The van der Waals surface area contributed by atoms with Crippen LogP contribution in [0.4, 0.5) is 4.79 Å². The van der Waals surface area contributed by atoms with Gasteiger partial charge in [-0.2, -0.15) is 0 Å². The lowest BCUT2D eigenvalue weighted by Crippen LogP contribution is -2.62. The van der Waals surface area contributed by atoms with Crippen molar-refractivity contribution in [2.45, 2.75) is 83.3 Å². The molecule has 6 N–H and O–H groups in total. The molecular weight excluding hydrogens is 588 g/mol. The van der Waals surface area contributed by atoms with Crippen LogP contribution in [0.5, 0.6) is 0 Å². The summed E-state index contributed by atoms with van der Waals surface area (Å²) in [4.78, 5) is 39.2. The number of ketones is 2. The number of thioether (sulfide) groups is 1. The van der Waals surface area contributed by atoms with Crippen LogP contribution in [-0.4, -0.2) is 103 Å². The van der Waals surface area contributed by atoms with Crippen LogP contribution in [0.25, 0.3) is 0 Å². The van der Waals surface area contributed by atoms with Crippen molar-refractivity contribution in [3.63, 3.8) is 0 Å². The topological polar surface area (TPSA) is 178 Å². The molecule has 12 heteroatoms. The van der Waals surface area contributed by atoms with Gasteiger partial charge in [-0.3, -0.25) is 14.4 Å². The highest BCUT2D eigenvalue weighted by atomic mass is 32.2. The molecule has 3 fully saturated rings. The predicted octanol–water partition coefficient (Wildman–Crippen LogP) is 2.34. The number of aliphatic hydroxyl groups is 3. The quantitative estimate of drug-likeness (QED) is 0.157. The highest BCUT2D eigenvalue weighted by molar-refractivity contribution is 8.17. The normalized spacial score (nSPS) is 34.8. The van der Waals surface area contributed by atoms with Crippen molar-refractivity contribution in [2.24, 2.45) is 34.3 Å². The smallest absolute Gasteiger partial charge is 0.283 e. The number of amides is 1. The fourth-order valence-corrected chi connectivity index (χ4v) is 9.76. The van der Waals surface area contributed by atoms with Crippen LogP contribution in [0, 0.1) is 28.6 Å². The van der Waals surface area contributed by atoms with Gasteiger partial charge in [0.15, 0.2) is 11.6 Å². The Kier molecular flexibility index (Phi) is 12.5. The molecule has 3 saturated carbocycles. The number of allylic oxidation sites excluding steroid dienone is 1. The van der Waals surface area contributed by atoms with Crippen molar-refractivity contribution in [1.29, 1.82) is 0 Å². The van der Waals surface area contributed by atoms with Gasteiger partial charge in [0.25, 0.3) is 5.24 Å². The summed E-state index contributed by atoms with van der Waals surface area (Å²) in [6.45, 7) is 7.42. The third-order valence-electron chi connectivity index (χ3n) is 10.9. The molecule has 0 aromatic heterocycles. The zero-order chi connectivity index (χ0) is 32.0. The number of ether oxygens (including phenoxy) is 3. The predicted molar refractivity (Wildman–Crippen MR) is 166 cm³/mol. The average molecular weight is 641 g/mol. The van der Waals surface area contributed by atoms with E-state index < -0.39 is 34.9 Å². The molecule has 0 spiro atoms. The molecule has 4 aliphatic carbocycles. The van der Waals surface area contributed by atoms with Gasteiger partial charge in [-0.15, -0.1) is 0 Å². The van der Waals surface area contributed by atoms with Gasteiger partial charge in [-0.05, 0) is 98.4 Å². The van der Waals surface area contributed by atoms with E-state index in [9.17, 15) is 29.7 Å². The largest absolute Gasteiger partial charge is 0.393 e. The van der Waals surface area contributed by atoms with Crippen LogP contribution >= 0.6 is 11.8 Å². The van der Waals surface area contributed by atoms with E-state index in [4.69, 9.17) is 19.9 Å². The first kappa shape index (κ1) is 35.5. The Morgan fingerprint density at radius 3 is 2.32 bits per heavy atom. The Morgan fingerprint density at radius 1 is 1.00 bits per heavy atom. The van der Waals surface area contributed by atoms with Crippen molar-refractivity contribution >= 4 is 28.6 Å². The summed E-state index contributed by atoms with van der Waals surface area (Å²) in [7, 11) is 0. The van der Waals surface area contributed by atoms with E-state index >= 15 is 0 Å². The lowest BCUT2D eigenvalue weighted by atomic mass is 9.45. The number of nitrogens with two attached hydrogens (primary N) is 1. The molecule has 0 aromatic rings. The molecule has 7 atom stereocenters. The molecule has 0 aliphatic heterocycles. The Bertz CT molecular complexity index is 1070. The molecular formula is C32H52N2O9S. The fourth-order valence-electron chi connectivity index (χ4n) is 8.73. The maximum atomic E-state index is 13.1. The number of aliphatic hydroxyl groups excluding tert-OH is 2. The molecule has 44 heavy (non-hydrogen) atoms. The van der Waals surface area contributed by atoms with Crippen LogP contribution in [0.3, 0.4) is 0 Å². The Labute approximate surface area is 265 Å². The highest BCUT2D eigenvalue weighted by Crippen LogP contribution is 2.68. The Hall–Kier alpha value is -1.38. The van der Waals surface area contributed by atoms with Crippen LogP contribution in [0.2, 0.25) is 0 Å². The van der Waals surface area contributed by atoms with Crippen molar-refractivity contribution in [1.82, 2.24) is 5.32 Å². The standard InChI is InChI=1S/C32H52N2O9S/c1-30-9-8-24(36)28(44-29(39)34-12-4-14-42-16-18-43-17-15-41-13-3-11-33)23(30)6-5-21-22-7-10-32(40,26(38)20-35)31(22,2)19-25(37)27(21)30/h21-22,25,27,35,37,40H,3-20,33H2,1-2H3,(H,34,39). The molecule has 0 saturated heterocycles. The minimum absolute atomic E-state index is 0.0249. The van der Waals surface area contributed by atoms with E-state index in [0.717, 1.165) is 30.2 Å². The zero-order valence-corrected chi connectivity index (χ0v) is 27.1. The zero-order valence-electron chi connectivity index (χ0n) is 26.3. The van der Waals surface area contributed by atoms with Gasteiger partial charge >= 0.3 is 0 Å². The van der Waals surface area contributed by atoms with Crippen molar-refractivity contribution in [3.8, 4) is 0 Å². The molecule has 4 rings (SSSR count). The Morgan fingerprint density at radius 2 is 1.66 bits per heavy atom. The summed E-state index contributed by atoms with van der Waals surface area (Å²) in [5.74, 6) is -0.622. The van der Waals surface area contributed by atoms with Crippen molar-refractivity contribution < 1.29 is 43.9 Å². The van der Waals surface area contributed by atoms with Crippen molar-refractivity contribution in [3.05, 3.63) is 10.5 Å². The number of carbonyl (C=O) groups is 3. The summed E-state index contributed by atoms with van der Waals surface area (Å²) >= 11 is 0.969. The van der Waals surface area contributed by atoms with Gasteiger partial charge in [0, 0.05) is 31.6 Å². The third kappa shape index (κ3) is 7.12. The number of carbonyl (C=O) groups excluding carboxylic acids is 3. The second-order valence-corrected chi connectivity index (χ2v) is 14.3. The average Bonchev–Trinajstić information content (AvgIpc) is 3.27. The summed E-state index contributed by atoms with van der Waals surface area (Å²) in [5, 5.41) is 35.3. The van der Waals surface area contributed by atoms with Gasteiger partial charge in [-0.1, -0.05) is 13.8 Å². The maximum absolute atomic E-state index is 13.1. The number of fused-ring (bicyclic) bond motifs is 5. The van der Waals surface area contributed by atoms with E-state index in [-0.39, 0.29) is 41.6 Å². The van der Waals surface area contributed by atoms with Gasteiger partial charge in [0.05, 0.1) is 37.4 Å². The first-order valence-electron chi connectivity index (χ1n) is 16.2. The van der Waals surface area contributed by atoms with E-state index in [2.05, 4.69) is 12.2 Å². The number of Topliss-reactive ketones (excluding diaryl/α,β-unsaturated/α-hetero) is 2. The minimum atomic E-state index is -1.64. The summed E-state index contributed by atoms with van der Waals surface area (Å²) < 4.78 is 16.4. The molecule has 0 aromatic carbocycles. The molecule has 0 radical (unpaired) electrons. The summed E-state index contributed by atoms with van der Waals surface area (Å²) in [5.41, 5.74) is 3.47. The van der Waals surface area contributed by atoms with Gasteiger partial charge in [0.2, 0.25) is 0 Å². The molecule has 4 aliphatic rings. The summed E-state index contributed by atoms with van der Waals surface area (Å²) in [6, 6.07) is 0. The van der Waals surface area contributed by atoms with E-state index in [1.165, 1.54) is 0 Å². The second kappa shape index (κ2) is 15.5. The molecule has 1 amide bonds. The molecule has 0 bridgehead atoms. The van der Waals surface area contributed by atoms with Gasteiger partial charge in [0.1, 0.15) is 12.2 Å². The van der Waals surface area contributed by atoms with E-state index in [0.29, 0.717) is 89.7 Å². The van der Waals surface area contributed by atoms with Crippen LogP contribution < -0.4 is 11.1 Å². The first-order chi connectivity index (χ1) is 21.0. The lowest BCUT2D eigenvalue weighted by molar-refractivity contribution is -0.182. The maximum Gasteiger partial charge on any atom is 0.283 e. The minimum Gasteiger partial charge on any atom is -0.393 e. The SMILES string of the molecule is CC12CCC(=O)C(SC(=O)NCCCOCCOCCOCCCN)=C1CCC1C2C(O)CC2(C)C1CCC2(O)C(=O)CO. The van der Waals surface area contributed by atoms with Gasteiger partial charge < -0.3 is 40.6 Å². The molecule has 7 unspecified atom stereocenters. The lowest BCUT2D eigenvalue weighted by Gasteiger charge is -2.60. The monoisotopic (exact) mass is 640 g/mol. The highest BCUT2D eigenvalue weighted by Gasteiger charge is 2.68. The number of hydrogen-bond acceptors (Lipinski definition) is 11. The number of nitrogens with one attached hydrogen (secondary N) is 1. The summed E-state index contributed by atoms with van der Waals surface area (Å²) in [6.07, 6.45) is 4.18. The molecule has 11 nitrogen and oxygen atoms in total. The van der Waals surface area contributed by atoms with E-state index in [1.54, 1.807) is 0 Å². The third-order valence-corrected chi connectivity index (χ3v) is 11.9. The van der Waals surface area contributed by atoms with Gasteiger partial charge in [-0.25, -0.2) is 0 Å². The van der Waals surface area contributed by atoms with E-state index in [1.807, 2.05) is 6.92 Å². The molecule has 250 valence electrons. The first-order valence-corrected chi connectivity index (χ1v) is 17.1. The van der Waals surface area contributed by atoms with Crippen LogP contribution in [0.15, 0.2) is 10.5 Å². The van der Waals surface area contributed by atoms with Crippen LogP contribution in [-0.2, 0) is 23.8 Å². The van der Waals surface area contributed by atoms with Crippen molar-refractivity contribution in [2.75, 3.05) is 59.3 Å². The number of rotatable bonds is 16. The Balaban J connectivity index is 1.29. The fraction of sp³-hybridized carbons (Fsp3) is 0.844. The van der Waals surface area contributed by atoms with Crippen LogP contribution in [0.1, 0.15) is 71.6 Å².